The lowest BCUT2D eigenvalue weighted by Gasteiger charge is -2.12. The van der Waals surface area contributed by atoms with Crippen LogP contribution in [0.1, 0.15) is 34.9 Å². The molecule has 0 amide bonds. The number of ketones is 1. The third kappa shape index (κ3) is 4.64. The van der Waals surface area contributed by atoms with Crippen molar-refractivity contribution in [3.05, 3.63) is 88.5 Å². The maximum atomic E-state index is 12.7. The van der Waals surface area contributed by atoms with Crippen LogP contribution in [0.25, 0.3) is 0 Å². The summed E-state index contributed by atoms with van der Waals surface area (Å²) in [5.74, 6) is -0.507. The predicted octanol–water partition coefficient (Wildman–Crippen LogP) is 4.70. The summed E-state index contributed by atoms with van der Waals surface area (Å²) in [5, 5.41) is 10.3. The van der Waals surface area contributed by atoms with Gasteiger partial charge in [0, 0.05) is 30.4 Å². The molecule has 0 bridgehead atoms. The number of imidazole rings is 1. The van der Waals surface area contributed by atoms with E-state index >= 15 is 0 Å². The highest BCUT2D eigenvalue weighted by molar-refractivity contribution is 6.31. The molecule has 0 aliphatic carbocycles. The van der Waals surface area contributed by atoms with Crippen LogP contribution < -0.4 is 0 Å². The maximum Gasteiger partial charge on any atom is 0.162 e. The van der Waals surface area contributed by atoms with E-state index in [9.17, 15) is 10.1 Å². The lowest BCUT2D eigenvalue weighted by Crippen LogP contribution is -2.17. The Morgan fingerprint density at radius 2 is 2.00 bits per heavy atom. The van der Waals surface area contributed by atoms with Gasteiger partial charge in [-0.15, -0.1) is 0 Å². The Bertz CT molecular complexity index is 973. The molecular formula is C22H20ClN3O. The summed E-state index contributed by atoms with van der Waals surface area (Å²) in [6.45, 7) is 2.52. The topological polar surface area (TPSA) is 58.7 Å². The molecule has 3 aromatic rings. The lowest BCUT2D eigenvalue weighted by atomic mass is 9.98. The third-order valence-electron chi connectivity index (χ3n) is 4.55. The molecule has 27 heavy (non-hydrogen) atoms. The number of hydrogen-bond donors (Lipinski definition) is 0. The van der Waals surface area contributed by atoms with E-state index in [1.165, 1.54) is 0 Å². The average Bonchev–Trinajstić information content (AvgIpc) is 3.12. The van der Waals surface area contributed by atoms with Crippen LogP contribution in [-0.2, 0) is 17.8 Å². The second-order valence-electron chi connectivity index (χ2n) is 6.51. The van der Waals surface area contributed by atoms with Crippen LogP contribution in [0, 0.1) is 18.3 Å². The minimum atomic E-state index is -0.871. The lowest BCUT2D eigenvalue weighted by molar-refractivity contribution is -0.119. The molecule has 0 fully saturated rings. The Hall–Kier alpha value is -2.90. The van der Waals surface area contributed by atoms with Gasteiger partial charge in [-0.3, -0.25) is 4.79 Å². The molecule has 0 aliphatic heterocycles. The fraction of sp³-hybridized carbons (Fsp3) is 0.227. The Morgan fingerprint density at radius 1 is 1.22 bits per heavy atom. The van der Waals surface area contributed by atoms with E-state index in [-0.39, 0.29) is 12.2 Å². The van der Waals surface area contributed by atoms with Crippen LogP contribution in [0.3, 0.4) is 0 Å². The Labute approximate surface area is 164 Å². The quantitative estimate of drug-likeness (QED) is 0.599. The zero-order chi connectivity index (χ0) is 19.2. The zero-order valence-electron chi connectivity index (χ0n) is 15.1. The summed E-state index contributed by atoms with van der Waals surface area (Å²) < 4.78 is 1.86. The first kappa shape index (κ1) is 18.9. The van der Waals surface area contributed by atoms with Gasteiger partial charge in [-0.2, -0.15) is 5.26 Å². The van der Waals surface area contributed by atoms with Crippen molar-refractivity contribution in [1.82, 2.24) is 9.55 Å². The van der Waals surface area contributed by atoms with E-state index in [0.29, 0.717) is 23.8 Å². The molecule has 5 heteroatoms. The van der Waals surface area contributed by atoms with E-state index < -0.39 is 5.92 Å². The fourth-order valence-corrected chi connectivity index (χ4v) is 3.18. The largest absolute Gasteiger partial charge is 0.329 e. The molecule has 2 aromatic carbocycles. The van der Waals surface area contributed by atoms with Crippen LogP contribution in [0.4, 0.5) is 0 Å². The number of carbonyl (C=O) groups is 1. The second kappa shape index (κ2) is 8.66. The molecule has 136 valence electrons. The smallest absolute Gasteiger partial charge is 0.162 e. The summed E-state index contributed by atoms with van der Waals surface area (Å²) in [4.78, 5) is 17.0. The van der Waals surface area contributed by atoms with Crippen LogP contribution in [0.2, 0.25) is 5.02 Å². The van der Waals surface area contributed by atoms with Gasteiger partial charge in [0.1, 0.15) is 5.82 Å². The fourth-order valence-electron chi connectivity index (χ4n) is 2.97. The first-order valence-corrected chi connectivity index (χ1v) is 9.18. The molecular weight excluding hydrogens is 358 g/mol. The van der Waals surface area contributed by atoms with Crippen LogP contribution in [0.5, 0.6) is 0 Å². The molecule has 0 spiro atoms. The van der Waals surface area contributed by atoms with E-state index in [1.54, 1.807) is 12.4 Å². The van der Waals surface area contributed by atoms with Crippen molar-refractivity contribution >= 4 is 17.4 Å². The summed E-state index contributed by atoms with van der Waals surface area (Å²) in [5.41, 5.74) is 3.09. The highest BCUT2D eigenvalue weighted by Crippen LogP contribution is 2.21. The van der Waals surface area contributed by atoms with E-state index in [0.717, 1.165) is 16.7 Å². The van der Waals surface area contributed by atoms with E-state index in [2.05, 4.69) is 11.1 Å². The van der Waals surface area contributed by atoms with Gasteiger partial charge >= 0.3 is 0 Å². The van der Waals surface area contributed by atoms with Gasteiger partial charge in [-0.1, -0.05) is 54.1 Å². The van der Waals surface area contributed by atoms with E-state index in [1.807, 2.05) is 60.0 Å². The van der Waals surface area contributed by atoms with Crippen LogP contribution >= 0.6 is 11.6 Å². The molecule has 4 nitrogen and oxygen atoms in total. The third-order valence-corrected chi connectivity index (χ3v) is 4.96. The number of aryl methyl sites for hydroxylation is 2. The summed E-state index contributed by atoms with van der Waals surface area (Å²) in [6, 6.07) is 17.8. The SMILES string of the molecule is Cc1ccc(CCC(=O)[C@H](C#N)c2nccn2Cc2ccccc2)cc1Cl. The first-order chi connectivity index (χ1) is 13.1. The van der Waals surface area contributed by atoms with Gasteiger partial charge in [0.25, 0.3) is 0 Å². The average molecular weight is 378 g/mol. The molecule has 0 radical (unpaired) electrons. The van der Waals surface area contributed by atoms with Gasteiger partial charge in [0.05, 0.1) is 6.07 Å². The maximum absolute atomic E-state index is 12.7. The number of hydrogen-bond acceptors (Lipinski definition) is 3. The highest BCUT2D eigenvalue weighted by atomic mass is 35.5. The van der Waals surface area contributed by atoms with Gasteiger partial charge in [-0.05, 0) is 36.1 Å². The van der Waals surface area contributed by atoms with Crippen molar-refractivity contribution in [3.63, 3.8) is 0 Å². The van der Waals surface area contributed by atoms with Gasteiger partial charge in [0.2, 0.25) is 0 Å². The zero-order valence-corrected chi connectivity index (χ0v) is 15.9. The molecule has 1 heterocycles. The summed E-state index contributed by atoms with van der Waals surface area (Å²) >= 11 is 6.15. The monoisotopic (exact) mass is 377 g/mol. The number of nitriles is 1. The molecule has 1 aromatic heterocycles. The summed E-state index contributed by atoms with van der Waals surface area (Å²) in [7, 11) is 0. The minimum absolute atomic E-state index is 0.130. The van der Waals surface area contributed by atoms with Crippen molar-refractivity contribution < 1.29 is 4.79 Å². The Morgan fingerprint density at radius 3 is 2.70 bits per heavy atom. The van der Waals surface area contributed by atoms with Crippen molar-refractivity contribution in [2.24, 2.45) is 0 Å². The first-order valence-electron chi connectivity index (χ1n) is 8.81. The van der Waals surface area contributed by atoms with E-state index in [4.69, 9.17) is 11.6 Å². The van der Waals surface area contributed by atoms with Gasteiger partial charge in [-0.25, -0.2) is 4.98 Å². The minimum Gasteiger partial charge on any atom is -0.329 e. The number of benzene rings is 2. The molecule has 0 saturated heterocycles. The van der Waals surface area contributed by atoms with Gasteiger partial charge in [0.15, 0.2) is 11.7 Å². The van der Waals surface area contributed by atoms with Crippen molar-refractivity contribution in [3.8, 4) is 6.07 Å². The highest BCUT2D eigenvalue weighted by Gasteiger charge is 2.24. The number of halogens is 1. The number of nitrogens with zero attached hydrogens (tertiary/aromatic N) is 3. The van der Waals surface area contributed by atoms with Gasteiger partial charge < -0.3 is 4.57 Å². The Balaban J connectivity index is 1.71. The van der Waals surface area contributed by atoms with Crippen molar-refractivity contribution in [1.29, 1.82) is 5.26 Å². The van der Waals surface area contributed by atoms with Crippen molar-refractivity contribution in [2.45, 2.75) is 32.2 Å². The van der Waals surface area contributed by atoms with Crippen molar-refractivity contribution in [2.75, 3.05) is 0 Å². The molecule has 0 aliphatic rings. The normalized spacial score (nSPS) is 11.7. The molecule has 0 N–H and O–H groups in total. The number of carbonyl (C=O) groups excluding carboxylic acids is 1. The molecule has 0 saturated carbocycles. The molecule has 0 unspecified atom stereocenters. The summed E-state index contributed by atoms with van der Waals surface area (Å²) in [6.07, 6.45) is 4.27. The molecule has 3 rings (SSSR count). The second-order valence-corrected chi connectivity index (χ2v) is 6.92. The number of Topliss-reactive ketones (excluding diaryl/α,β-unsaturated/α-hetero) is 1. The number of aromatic nitrogens is 2. The predicted molar refractivity (Wildman–Crippen MR) is 106 cm³/mol. The van der Waals surface area contributed by atoms with Crippen LogP contribution in [-0.4, -0.2) is 15.3 Å². The number of rotatable bonds is 7. The standard InChI is InChI=1S/C22H20ClN3O/c1-16-7-8-17(13-20(16)23)9-10-21(27)19(14-24)22-25-11-12-26(22)15-18-5-3-2-4-6-18/h2-8,11-13,19H,9-10,15H2,1H3/t19-/m0/s1. The van der Waals surface area contributed by atoms with Crippen LogP contribution in [0.15, 0.2) is 60.9 Å². The molecule has 1 atom stereocenters. The Kier molecular flexibility index (Phi) is 6.05.